The number of benzene rings is 1. The lowest BCUT2D eigenvalue weighted by atomic mass is 10.1. The van der Waals surface area contributed by atoms with Gasteiger partial charge >= 0.3 is 0 Å². The highest BCUT2D eigenvalue weighted by Crippen LogP contribution is 2.17. The molecular formula is C13H18BrNO3. The summed E-state index contributed by atoms with van der Waals surface area (Å²) in [6.45, 7) is 1.51. The van der Waals surface area contributed by atoms with Gasteiger partial charge in [-0.2, -0.15) is 0 Å². The maximum atomic E-state index is 10.0. The molecule has 1 fully saturated rings. The average molecular weight is 316 g/mol. The standard InChI is InChI=1S/C13H18BrNO3/c14-10-3-1-9(2-4-10)13(17)7-15-11-8-18-6-5-12(11)16/h1-4,11-13,15-17H,5-8H2/t11-,12-,13+/m1/s1. The van der Waals surface area contributed by atoms with Crippen LogP contribution in [0, 0.1) is 0 Å². The van der Waals surface area contributed by atoms with Crippen LogP contribution in [0.3, 0.4) is 0 Å². The summed E-state index contributed by atoms with van der Waals surface area (Å²) in [5, 5.41) is 22.9. The number of halogens is 1. The highest BCUT2D eigenvalue weighted by atomic mass is 79.9. The fraction of sp³-hybridized carbons (Fsp3) is 0.538. The Morgan fingerprint density at radius 2 is 2.11 bits per heavy atom. The van der Waals surface area contributed by atoms with Gasteiger partial charge in [0.05, 0.1) is 24.9 Å². The molecule has 1 saturated heterocycles. The first-order valence-electron chi connectivity index (χ1n) is 6.09. The first-order chi connectivity index (χ1) is 8.66. The lowest BCUT2D eigenvalue weighted by molar-refractivity contribution is -0.0186. The van der Waals surface area contributed by atoms with Crippen LogP contribution in [-0.4, -0.2) is 42.1 Å². The molecule has 100 valence electrons. The number of rotatable bonds is 4. The molecule has 5 heteroatoms. The third-order valence-electron chi connectivity index (χ3n) is 3.15. The first kappa shape index (κ1) is 14.0. The van der Waals surface area contributed by atoms with E-state index in [9.17, 15) is 10.2 Å². The summed E-state index contributed by atoms with van der Waals surface area (Å²) in [4.78, 5) is 0. The minimum absolute atomic E-state index is 0.0937. The van der Waals surface area contributed by atoms with E-state index in [1.54, 1.807) is 0 Å². The van der Waals surface area contributed by atoms with Crippen molar-refractivity contribution in [1.82, 2.24) is 5.32 Å². The van der Waals surface area contributed by atoms with Crippen LogP contribution in [0.5, 0.6) is 0 Å². The molecule has 1 aliphatic heterocycles. The van der Waals surface area contributed by atoms with Crippen molar-refractivity contribution in [2.75, 3.05) is 19.8 Å². The Hall–Kier alpha value is -0.460. The molecule has 1 heterocycles. The van der Waals surface area contributed by atoms with E-state index in [0.29, 0.717) is 26.2 Å². The van der Waals surface area contributed by atoms with Gasteiger partial charge in [0.2, 0.25) is 0 Å². The zero-order valence-electron chi connectivity index (χ0n) is 10.1. The molecule has 3 atom stereocenters. The summed E-state index contributed by atoms with van der Waals surface area (Å²) in [5.41, 5.74) is 0.858. The van der Waals surface area contributed by atoms with E-state index in [1.165, 1.54) is 0 Å². The second kappa shape index (κ2) is 6.63. The van der Waals surface area contributed by atoms with E-state index in [2.05, 4.69) is 21.2 Å². The monoisotopic (exact) mass is 315 g/mol. The molecule has 1 aromatic carbocycles. The molecule has 1 aliphatic rings. The Balaban J connectivity index is 1.83. The van der Waals surface area contributed by atoms with Crippen molar-refractivity contribution in [2.24, 2.45) is 0 Å². The summed E-state index contributed by atoms with van der Waals surface area (Å²) < 4.78 is 6.28. The van der Waals surface area contributed by atoms with Crippen LogP contribution < -0.4 is 5.32 Å². The minimum Gasteiger partial charge on any atom is -0.391 e. The maximum Gasteiger partial charge on any atom is 0.0914 e. The van der Waals surface area contributed by atoms with Crippen molar-refractivity contribution in [1.29, 1.82) is 0 Å². The first-order valence-corrected chi connectivity index (χ1v) is 6.89. The molecule has 0 aromatic heterocycles. The fourth-order valence-corrected chi connectivity index (χ4v) is 2.25. The molecule has 0 saturated carbocycles. The SMILES string of the molecule is O[C@@H]1CCOC[C@H]1NC[C@H](O)c1ccc(Br)cc1. The lowest BCUT2D eigenvalue weighted by Crippen LogP contribution is -2.48. The van der Waals surface area contributed by atoms with E-state index < -0.39 is 12.2 Å². The van der Waals surface area contributed by atoms with Crippen molar-refractivity contribution in [3.8, 4) is 0 Å². The van der Waals surface area contributed by atoms with Crippen molar-refractivity contribution in [3.63, 3.8) is 0 Å². The third-order valence-corrected chi connectivity index (χ3v) is 3.68. The molecule has 0 bridgehead atoms. The molecule has 18 heavy (non-hydrogen) atoms. The normalized spacial score (nSPS) is 25.9. The molecule has 0 aliphatic carbocycles. The van der Waals surface area contributed by atoms with Crippen LogP contribution in [0.25, 0.3) is 0 Å². The summed E-state index contributed by atoms with van der Waals surface area (Å²) in [7, 11) is 0. The summed E-state index contributed by atoms with van der Waals surface area (Å²) in [6.07, 6.45) is -0.324. The molecule has 0 spiro atoms. The minimum atomic E-state index is -0.577. The highest BCUT2D eigenvalue weighted by Gasteiger charge is 2.23. The van der Waals surface area contributed by atoms with Crippen LogP contribution >= 0.6 is 15.9 Å². The smallest absolute Gasteiger partial charge is 0.0914 e. The van der Waals surface area contributed by atoms with Crippen LogP contribution in [0.15, 0.2) is 28.7 Å². The van der Waals surface area contributed by atoms with E-state index in [0.717, 1.165) is 10.0 Å². The summed E-state index contributed by atoms with van der Waals surface area (Å²) >= 11 is 3.36. The molecule has 2 rings (SSSR count). The molecule has 0 unspecified atom stereocenters. The van der Waals surface area contributed by atoms with E-state index in [-0.39, 0.29) is 6.04 Å². The summed E-state index contributed by atoms with van der Waals surface area (Å²) in [6, 6.07) is 7.46. The van der Waals surface area contributed by atoms with Crippen molar-refractivity contribution in [3.05, 3.63) is 34.3 Å². The number of aliphatic hydroxyl groups excluding tert-OH is 2. The average Bonchev–Trinajstić information content (AvgIpc) is 2.38. The van der Waals surface area contributed by atoms with Gasteiger partial charge in [-0.15, -0.1) is 0 Å². The molecular weight excluding hydrogens is 298 g/mol. The van der Waals surface area contributed by atoms with E-state index in [1.807, 2.05) is 24.3 Å². The Kier molecular flexibility index (Phi) is 5.14. The van der Waals surface area contributed by atoms with Gasteiger partial charge in [0.25, 0.3) is 0 Å². The van der Waals surface area contributed by atoms with Gasteiger partial charge in [-0.25, -0.2) is 0 Å². The Morgan fingerprint density at radius 3 is 2.78 bits per heavy atom. The number of nitrogens with one attached hydrogen (secondary N) is 1. The van der Waals surface area contributed by atoms with E-state index >= 15 is 0 Å². The van der Waals surface area contributed by atoms with Gasteiger partial charge in [-0.3, -0.25) is 0 Å². The third kappa shape index (κ3) is 3.76. The van der Waals surface area contributed by atoms with Crippen LogP contribution in [0.4, 0.5) is 0 Å². The second-order valence-corrected chi connectivity index (χ2v) is 5.43. The van der Waals surface area contributed by atoms with Crippen molar-refractivity contribution >= 4 is 15.9 Å². The second-order valence-electron chi connectivity index (χ2n) is 4.51. The zero-order chi connectivity index (χ0) is 13.0. The summed E-state index contributed by atoms with van der Waals surface area (Å²) in [5.74, 6) is 0. The Labute approximate surface area is 115 Å². The van der Waals surface area contributed by atoms with Gasteiger partial charge in [-0.05, 0) is 24.1 Å². The van der Waals surface area contributed by atoms with Gasteiger partial charge < -0.3 is 20.3 Å². The largest absolute Gasteiger partial charge is 0.391 e. The number of aliphatic hydroxyl groups is 2. The predicted molar refractivity (Wildman–Crippen MR) is 72.3 cm³/mol. The van der Waals surface area contributed by atoms with Gasteiger partial charge in [0.15, 0.2) is 0 Å². The van der Waals surface area contributed by atoms with Crippen molar-refractivity contribution in [2.45, 2.75) is 24.7 Å². The Morgan fingerprint density at radius 1 is 1.39 bits per heavy atom. The number of hydrogen-bond acceptors (Lipinski definition) is 4. The molecule has 4 nitrogen and oxygen atoms in total. The van der Waals surface area contributed by atoms with E-state index in [4.69, 9.17) is 4.74 Å². The van der Waals surface area contributed by atoms with Crippen LogP contribution in [0.2, 0.25) is 0 Å². The fourth-order valence-electron chi connectivity index (χ4n) is 1.99. The van der Waals surface area contributed by atoms with Gasteiger partial charge in [0.1, 0.15) is 0 Å². The molecule has 0 radical (unpaired) electrons. The highest BCUT2D eigenvalue weighted by molar-refractivity contribution is 9.10. The quantitative estimate of drug-likeness (QED) is 0.782. The van der Waals surface area contributed by atoms with Crippen LogP contribution in [0.1, 0.15) is 18.1 Å². The Bertz CT molecular complexity index is 371. The topological polar surface area (TPSA) is 61.7 Å². The molecule has 1 aromatic rings. The maximum absolute atomic E-state index is 10.0. The number of ether oxygens (including phenoxy) is 1. The van der Waals surface area contributed by atoms with Crippen molar-refractivity contribution < 1.29 is 14.9 Å². The molecule has 0 amide bonds. The van der Waals surface area contributed by atoms with Gasteiger partial charge in [-0.1, -0.05) is 28.1 Å². The molecule has 3 N–H and O–H groups in total. The van der Waals surface area contributed by atoms with Gasteiger partial charge in [0, 0.05) is 17.6 Å². The lowest BCUT2D eigenvalue weighted by Gasteiger charge is -2.29. The van der Waals surface area contributed by atoms with Crippen LogP contribution in [-0.2, 0) is 4.74 Å². The predicted octanol–water partition coefficient (Wildman–Crippen LogP) is 1.22. The zero-order valence-corrected chi connectivity index (χ0v) is 11.6. The number of hydrogen-bond donors (Lipinski definition) is 3.